The number of hydrogen-bond acceptors (Lipinski definition) is 5. The van der Waals surface area contributed by atoms with Crippen LogP contribution in [0, 0.1) is 12.3 Å². The molecule has 3 N–H and O–H groups in total. The third-order valence-corrected chi connectivity index (χ3v) is 5.24. The number of rotatable bonds is 4. The highest BCUT2D eigenvalue weighted by molar-refractivity contribution is 6.23. The van der Waals surface area contributed by atoms with Crippen LogP contribution in [0.1, 0.15) is 44.7 Å². The molecule has 2 heterocycles. The van der Waals surface area contributed by atoms with Gasteiger partial charge in [0.2, 0.25) is 11.8 Å². The van der Waals surface area contributed by atoms with Crippen molar-refractivity contribution in [2.45, 2.75) is 25.4 Å². The first kappa shape index (κ1) is 20.8. The van der Waals surface area contributed by atoms with Crippen molar-refractivity contribution in [3.05, 3.63) is 64.7 Å². The van der Waals surface area contributed by atoms with Crippen molar-refractivity contribution in [3.63, 3.8) is 0 Å². The van der Waals surface area contributed by atoms with E-state index in [0.29, 0.717) is 11.3 Å². The van der Waals surface area contributed by atoms with Crippen molar-refractivity contribution < 1.29 is 24.0 Å². The van der Waals surface area contributed by atoms with Crippen LogP contribution in [0.15, 0.2) is 42.5 Å². The summed E-state index contributed by atoms with van der Waals surface area (Å²) in [5, 5.41) is 7.46. The van der Waals surface area contributed by atoms with E-state index in [2.05, 4.69) is 21.9 Å². The Balaban J connectivity index is 1.44. The van der Waals surface area contributed by atoms with Gasteiger partial charge in [0.15, 0.2) is 0 Å². The first-order valence-electron chi connectivity index (χ1n) is 9.83. The lowest BCUT2D eigenvalue weighted by Crippen LogP contribution is -2.54. The van der Waals surface area contributed by atoms with Gasteiger partial charge in [-0.15, -0.1) is 6.42 Å². The summed E-state index contributed by atoms with van der Waals surface area (Å²) in [6.07, 6.45) is 5.49. The van der Waals surface area contributed by atoms with E-state index in [1.807, 2.05) is 6.07 Å². The third kappa shape index (κ3) is 3.94. The first-order valence-corrected chi connectivity index (χ1v) is 9.83. The van der Waals surface area contributed by atoms with Crippen molar-refractivity contribution in [3.8, 4) is 12.3 Å². The van der Waals surface area contributed by atoms with E-state index in [9.17, 15) is 24.0 Å². The molecule has 32 heavy (non-hydrogen) atoms. The van der Waals surface area contributed by atoms with E-state index in [-0.39, 0.29) is 30.5 Å². The number of amides is 6. The average Bonchev–Trinajstić information content (AvgIpc) is 3.02. The number of nitrogens with zero attached hydrogens (tertiary/aromatic N) is 1. The maximum Gasteiger partial charge on any atom is 0.319 e. The molecule has 9 heteroatoms. The van der Waals surface area contributed by atoms with Gasteiger partial charge in [0.25, 0.3) is 11.8 Å². The van der Waals surface area contributed by atoms with E-state index >= 15 is 0 Å². The molecule has 1 fully saturated rings. The number of piperidine rings is 1. The number of benzene rings is 2. The number of imide groups is 2. The molecule has 0 spiro atoms. The number of nitrogens with one attached hydrogen (secondary N) is 3. The molecule has 9 nitrogen and oxygen atoms in total. The Kier molecular flexibility index (Phi) is 5.43. The Hall–Kier alpha value is -4.45. The zero-order valence-corrected chi connectivity index (χ0v) is 16.8. The second kappa shape index (κ2) is 8.35. The van der Waals surface area contributed by atoms with Gasteiger partial charge in [0, 0.05) is 24.2 Å². The number of carbonyl (C=O) groups excluding carboxylic acids is 5. The molecule has 2 aliphatic heterocycles. The maximum atomic E-state index is 12.8. The van der Waals surface area contributed by atoms with Crippen LogP contribution in [0.4, 0.5) is 10.5 Å². The largest absolute Gasteiger partial charge is 0.334 e. The smallest absolute Gasteiger partial charge is 0.319 e. The zero-order chi connectivity index (χ0) is 22.8. The predicted molar refractivity (Wildman–Crippen MR) is 113 cm³/mol. The summed E-state index contributed by atoms with van der Waals surface area (Å²) < 4.78 is 0. The van der Waals surface area contributed by atoms with Gasteiger partial charge in [-0.1, -0.05) is 18.1 Å². The van der Waals surface area contributed by atoms with Crippen LogP contribution >= 0.6 is 0 Å². The predicted octanol–water partition coefficient (Wildman–Crippen LogP) is 1.39. The second-order valence-electron chi connectivity index (χ2n) is 7.36. The number of fused-ring (bicyclic) bond motifs is 1. The highest BCUT2D eigenvalue weighted by atomic mass is 16.2. The van der Waals surface area contributed by atoms with Gasteiger partial charge < -0.3 is 10.6 Å². The summed E-state index contributed by atoms with van der Waals surface area (Å²) in [4.78, 5) is 62.2. The third-order valence-electron chi connectivity index (χ3n) is 5.24. The molecule has 2 aliphatic rings. The number of hydrogen-bond donors (Lipinski definition) is 3. The van der Waals surface area contributed by atoms with Crippen molar-refractivity contribution in [1.82, 2.24) is 15.5 Å². The lowest BCUT2D eigenvalue weighted by molar-refractivity contribution is -0.136. The van der Waals surface area contributed by atoms with Crippen LogP contribution in [0.3, 0.4) is 0 Å². The minimum absolute atomic E-state index is 0.0427. The van der Waals surface area contributed by atoms with E-state index < -0.39 is 35.7 Å². The fourth-order valence-corrected chi connectivity index (χ4v) is 3.68. The van der Waals surface area contributed by atoms with Crippen molar-refractivity contribution in [1.29, 1.82) is 0 Å². The van der Waals surface area contributed by atoms with Gasteiger partial charge in [-0.05, 0) is 42.3 Å². The standard InChI is InChI=1S/C23H18N4O5/c1-2-13-4-3-5-14(10-13)12-24-23(32)25-15-6-7-16-17(11-15)22(31)27(21(16)30)18-8-9-19(28)26-20(18)29/h1,3-7,10-11,18H,8-9,12H2,(H2,24,25,32)(H,26,28,29). The SMILES string of the molecule is C#Cc1cccc(CNC(=O)Nc2ccc3c(c2)C(=O)N(C2CCC(=O)NC2=O)C3=O)c1. The minimum atomic E-state index is -1.04. The fourth-order valence-electron chi connectivity index (χ4n) is 3.68. The van der Waals surface area contributed by atoms with Crippen LogP contribution in [0.25, 0.3) is 0 Å². The van der Waals surface area contributed by atoms with Gasteiger partial charge in [-0.25, -0.2) is 4.79 Å². The Labute approximate surface area is 183 Å². The maximum absolute atomic E-state index is 12.8. The number of carbonyl (C=O) groups is 5. The highest BCUT2D eigenvalue weighted by Gasteiger charge is 2.44. The monoisotopic (exact) mass is 430 g/mol. The number of anilines is 1. The first-order chi connectivity index (χ1) is 15.4. The quantitative estimate of drug-likeness (QED) is 0.499. The minimum Gasteiger partial charge on any atom is -0.334 e. The fraction of sp³-hybridized carbons (Fsp3) is 0.174. The van der Waals surface area contributed by atoms with Crippen LogP contribution in [0.2, 0.25) is 0 Å². The second-order valence-corrected chi connectivity index (χ2v) is 7.36. The summed E-state index contributed by atoms with van der Waals surface area (Å²) >= 11 is 0. The molecule has 0 bridgehead atoms. The summed E-state index contributed by atoms with van der Waals surface area (Å²) in [6, 6.07) is 9.94. The molecule has 2 aromatic rings. The normalized spacial score (nSPS) is 17.5. The molecule has 0 aliphatic carbocycles. The molecule has 0 radical (unpaired) electrons. The van der Waals surface area contributed by atoms with Crippen LogP contribution < -0.4 is 16.0 Å². The van der Waals surface area contributed by atoms with Crippen LogP contribution in [-0.4, -0.2) is 40.6 Å². The molecule has 6 amide bonds. The molecular formula is C23H18N4O5. The van der Waals surface area contributed by atoms with E-state index in [1.165, 1.54) is 18.2 Å². The van der Waals surface area contributed by atoms with E-state index in [4.69, 9.17) is 6.42 Å². The Morgan fingerprint density at radius 3 is 2.62 bits per heavy atom. The number of urea groups is 1. The molecule has 1 unspecified atom stereocenters. The zero-order valence-electron chi connectivity index (χ0n) is 16.8. The van der Waals surface area contributed by atoms with Gasteiger partial charge in [0.05, 0.1) is 11.1 Å². The Morgan fingerprint density at radius 2 is 1.88 bits per heavy atom. The van der Waals surface area contributed by atoms with Gasteiger partial charge in [0.1, 0.15) is 6.04 Å². The van der Waals surface area contributed by atoms with Crippen molar-refractivity contribution in [2.24, 2.45) is 0 Å². The van der Waals surface area contributed by atoms with Gasteiger partial charge in [-0.2, -0.15) is 0 Å². The molecule has 0 aromatic heterocycles. The van der Waals surface area contributed by atoms with Gasteiger partial charge >= 0.3 is 6.03 Å². The van der Waals surface area contributed by atoms with Crippen LogP contribution in [0.5, 0.6) is 0 Å². The Morgan fingerprint density at radius 1 is 1.09 bits per heavy atom. The summed E-state index contributed by atoms with van der Waals surface area (Å²) in [5.74, 6) is 0.157. The number of terminal acetylenes is 1. The molecule has 2 aromatic carbocycles. The van der Waals surface area contributed by atoms with Crippen molar-refractivity contribution in [2.75, 3.05) is 5.32 Å². The molecule has 0 saturated carbocycles. The van der Waals surface area contributed by atoms with Crippen molar-refractivity contribution >= 4 is 35.3 Å². The summed E-state index contributed by atoms with van der Waals surface area (Å²) in [6.45, 7) is 0.243. The summed E-state index contributed by atoms with van der Waals surface area (Å²) in [5.41, 5.74) is 2.05. The highest BCUT2D eigenvalue weighted by Crippen LogP contribution is 2.29. The lowest BCUT2D eigenvalue weighted by atomic mass is 10.0. The summed E-state index contributed by atoms with van der Waals surface area (Å²) in [7, 11) is 0. The molecule has 1 saturated heterocycles. The molecule has 4 rings (SSSR count). The molecule has 160 valence electrons. The van der Waals surface area contributed by atoms with Gasteiger partial charge in [-0.3, -0.25) is 29.4 Å². The Bertz CT molecular complexity index is 1210. The van der Waals surface area contributed by atoms with E-state index in [0.717, 1.165) is 10.5 Å². The van der Waals surface area contributed by atoms with Crippen LogP contribution in [-0.2, 0) is 16.1 Å². The molecule has 1 atom stereocenters. The average molecular weight is 430 g/mol. The van der Waals surface area contributed by atoms with E-state index in [1.54, 1.807) is 18.2 Å². The lowest BCUT2D eigenvalue weighted by Gasteiger charge is -2.27. The molecular weight excluding hydrogens is 412 g/mol. The topological polar surface area (TPSA) is 125 Å².